The van der Waals surface area contributed by atoms with E-state index in [0.29, 0.717) is 35.7 Å². The van der Waals surface area contributed by atoms with Gasteiger partial charge < -0.3 is 4.74 Å². The van der Waals surface area contributed by atoms with Gasteiger partial charge in [0, 0.05) is 29.5 Å². The van der Waals surface area contributed by atoms with Gasteiger partial charge in [0.2, 0.25) is 0 Å². The third-order valence-electron chi connectivity index (χ3n) is 4.14. The van der Waals surface area contributed by atoms with E-state index in [-0.39, 0.29) is 5.82 Å². The normalized spacial score (nSPS) is 16.4. The number of piperidine rings is 1. The van der Waals surface area contributed by atoms with Crippen LogP contribution < -0.4 is 4.74 Å². The number of hydrogen-bond donors (Lipinski definition) is 0. The summed E-state index contributed by atoms with van der Waals surface area (Å²) in [7, 11) is 0. The lowest BCUT2D eigenvalue weighted by atomic mass is 9.97. The van der Waals surface area contributed by atoms with Crippen LogP contribution in [0.25, 0.3) is 0 Å². The maximum atomic E-state index is 13.8. The smallest absolute Gasteiger partial charge is 0.316 e. The van der Waals surface area contributed by atoms with E-state index in [9.17, 15) is 4.39 Å². The van der Waals surface area contributed by atoms with Gasteiger partial charge in [0.05, 0.1) is 6.61 Å². The van der Waals surface area contributed by atoms with Crippen LogP contribution in [0, 0.1) is 11.7 Å². The average Bonchev–Trinajstić information content (AvgIpc) is 2.58. The minimum atomic E-state index is -0.232. The molecule has 2 heterocycles. The molecule has 0 spiro atoms. The van der Waals surface area contributed by atoms with E-state index in [1.165, 1.54) is 6.07 Å². The van der Waals surface area contributed by atoms with Gasteiger partial charge in [0.25, 0.3) is 0 Å². The van der Waals surface area contributed by atoms with Crippen molar-refractivity contribution in [2.24, 2.45) is 5.92 Å². The fourth-order valence-electron chi connectivity index (χ4n) is 2.77. The highest BCUT2D eigenvalue weighted by atomic mass is 35.5. The van der Waals surface area contributed by atoms with E-state index < -0.39 is 0 Å². The Bertz CT molecular complexity index is 613. The fourth-order valence-corrected chi connectivity index (χ4v) is 2.99. The summed E-state index contributed by atoms with van der Waals surface area (Å²) in [6.45, 7) is 3.00. The summed E-state index contributed by atoms with van der Waals surface area (Å²) in [6.07, 6.45) is 5.37. The lowest BCUT2D eigenvalue weighted by Gasteiger charge is -2.31. The van der Waals surface area contributed by atoms with Gasteiger partial charge in [-0.1, -0.05) is 17.7 Å². The SMILES string of the molecule is Fc1cccc(Cl)c1CN1CCC(COc2ncccn2)CC1. The third-order valence-corrected chi connectivity index (χ3v) is 4.49. The van der Waals surface area contributed by atoms with E-state index in [1.807, 2.05) is 0 Å². The number of rotatable bonds is 5. The molecule has 122 valence electrons. The van der Waals surface area contributed by atoms with Crippen LogP contribution in [0.2, 0.25) is 5.02 Å². The summed E-state index contributed by atoms with van der Waals surface area (Å²) in [4.78, 5) is 10.3. The molecule has 1 fully saturated rings. The van der Waals surface area contributed by atoms with Gasteiger partial charge in [-0.25, -0.2) is 14.4 Å². The molecule has 0 bridgehead atoms. The highest BCUT2D eigenvalue weighted by molar-refractivity contribution is 6.31. The van der Waals surface area contributed by atoms with Crippen molar-refractivity contribution in [2.75, 3.05) is 19.7 Å². The number of ether oxygens (including phenoxy) is 1. The second-order valence-electron chi connectivity index (χ2n) is 5.76. The van der Waals surface area contributed by atoms with Crippen molar-refractivity contribution in [3.8, 4) is 6.01 Å². The van der Waals surface area contributed by atoms with E-state index in [1.54, 1.807) is 30.6 Å². The maximum Gasteiger partial charge on any atom is 0.316 e. The van der Waals surface area contributed by atoms with E-state index in [2.05, 4.69) is 14.9 Å². The highest BCUT2D eigenvalue weighted by Crippen LogP contribution is 2.24. The molecule has 1 aromatic carbocycles. The fraction of sp³-hybridized carbons (Fsp3) is 0.412. The molecule has 0 saturated carbocycles. The lowest BCUT2D eigenvalue weighted by Crippen LogP contribution is -2.35. The first kappa shape index (κ1) is 16.1. The summed E-state index contributed by atoms with van der Waals surface area (Å²) in [5, 5.41) is 0.497. The van der Waals surface area contributed by atoms with Crippen LogP contribution in [0.5, 0.6) is 6.01 Å². The standard InChI is InChI=1S/C17H19ClFN3O/c18-15-3-1-4-16(19)14(15)11-22-9-5-13(6-10-22)12-23-17-20-7-2-8-21-17/h1-4,7-8,13H,5-6,9-12H2. The Balaban J connectivity index is 1.47. The molecule has 0 atom stereocenters. The van der Waals surface area contributed by atoms with Crippen molar-refractivity contribution < 1.29 is 9.13 Å². The Labute approximate surface area is 140 Å². The van der Waals surface area contributed by atoms with Crippen molar-refractivity contribution in [3.63, 3.8) is 0 Å². The van der Waals surface area contributed by atoms with Gasteiger partial charge in [0.1, 0.15) is 5.82 Å². The number of halogens is 2. The predicted molar refractivity (Wildman–Crippen MR) is 86.9 cm³/mol. The maximum absolute atomic E-state index is 13.8. The quantitative estimate of drug-likeness (QED) is 0.837. The van der Waals surface area contributed by atoms with Gasteiger partial charge in [-0.3, -0.25) is 4.90 Å². The Morgan fingerprint density at radius 1 is 1.17 bits per heavy atom. The average molecular weight is 336 g/mol. The molecular formula is C17H19ClFN3O. The Morgan fingerprint density at radius 2 is 1.91 bits per heavy atom. The zero-order chi connectivity index (χ0) is 16.1. The minimum Gasteiger partial charge on any atom is -0.463 e. The predicted octanol–water partition coefficient (Wildman–Crippen LogP) is 3.56. The van der Waals surface area contributed by atoms with Gasteiger partial charge >= 0.3 is 6.01 Å². The molecule has 0 radical (unpaired) electrons. The van der Waals surface area contributed by atoms with Crippen LogP contribution in [-0.2, 0) is 6.54 Å². The van der Waals surface area contributed by atoms with E-state index >= 15 is 0 Å². The van der Waals surface area contributed by atoms with Gasteiger partial charge in [0.15, 0.2) is 0 Å². The summed E-state index contributed by atoms with van der Waals surface area (Å²) in [6, 6.07) is 7.02. The van der Waals surface area contributed by atoms with Gasteiger partial charge in [-0.05, 0) is 50.0 Å². The van der Waals surface area contributed by atoms with Crippen molar-refractivity contribution >= 4 is 11.6 Å². The molecule has 1 aromatic heterocycles. The third kappa shape index (κ3) is 4.39. The van der Waals surface area contributed by atoms with Crippen LogP contribution in [0.4, 0.5) is 4.39 Å². The molecule has 1 aliphatic rings. The Hall–Kier alpha value is -1.72. The van der Waals surface area contributed by atoms with Crippen LogP contribution in [0.3, 0.4) is 0 Å². The second kappa shape index (κ2) is 7.70. The van der Waals surface area contributed by atoms with E-state index in [4.69, 9.17) is 16.3 Å². The number of nitrogens with zero attached hydrogens (tertiary/aromatic N) is 3. The number of benzene rings is 1. The van der Waals surface area contributed by atoms with Gasteiger partial charge in [-0.2, -0.15) is 0 Å². The second-order valence-corrected chi connectivity index (χ2v) is 6.17. The zero-order valence-corrected chi connectivity index (χ0v) is 13.5. The van der Waals surface area contributed by atoms with Crippen LogP contribution in [-0.4, -0.2) is 34.6 Å². The monoisotopic (exact) mass is 335 g/mol. The molecule has 1 aliphatic heterocycles. The first-order chi connectivity index (χ1) is 11.2. The number of hydrogen-bond acceptors (Lipinski definition) is 4. The Morgan fingerprint density at radius 3 is 2.61 bits per heavy atom. The van der Waals surface area contributed by atoms with Crippen LogP contribution in [0.15, 0.2) is 36.7 Å². The summed E-state index contributed by atoms with van der Waals surface area (Å²) >= 11 is 6.09. The summed E-state index contributed by atoms with van der Waals surface area (Å²) in [5.41, 5.74) is 0.585. The lowest BCUT2D eigenvalue weighted by molar-refractivity contribution is 0.131. The molecule has 0 amide bonds. The molecule has 0 aliphatic carbocycles. The van der Waals surface area contributed by atoms with Crippen molar-refractivity contribution in [1.29, 1.82) is 0 Å². The van der Waals surface area contributed by atoms with Crippen molar-refractivity contribution in [2.45, 2.75) is 19.4 Å². The highest BCUT2D eigenvalue weighted by Gasteiger charge is 2.21. The molecule has 0 unspecified atom stereocenters. The molecular weight excluding hydrogens is 317 g/mol. The molecule has 4 nitrogen and oxygen atoms in total. The molecule has 0 N–H and O–H groups in total. The number of aromatic nitrogens is 2. The largest absolute Gasteiger partial charge is 0.463 e. The van der Waals surface area contributed by atoms with Crippen LogP contribution >= 0.6 is 11.6 Å². The molecule has 3 rings (SSSR count). The first-order valence-electron chi connectivity index (χ1n) is 7.77. The summed E-state index contributed by atoms with van der Waals surface area (Å²) in [5.74, 6) is 0.246. The van der Waals surface area contributed by atoms with Gasteiger partial charge in [-0.15, -0.1) is 0 Å². The molecule has 23 heavy (non-hydrogen) atoms. The molecule has 2 aromatic rings. The molecule has 6 heteroatoms. The van der Waals surface area contributed by atoms with Crippen molar-refractivity contribution in [1.82, 2.24) is 14.9 Å². The molecule has 1 saturated heterocycles. The van der Waals surface area contributed by atoms with E-state index in [0.717, 1.165) is 25.9 Å². The summed E-state index contributed by atoms with van der Waals surface area (Å²) < 4.78 is 19.5. The first-order valence-corrected chi connectivity index (χ1v) is 8.15. The number of likely N-dealkylation sites (tertiary alicyclic amines) is 1. The zero-order valence-electron chi connectivity index (χ0n) is 12.8. The van der Waals surface area contributed by atoms with Crippen LogP contribution in [0.1, 0.15) is 18.4 Å². The Kier molecular flexibility index (Phi) is 5.41. The minimum absolute atomic E-state index is 0.232. The van der Waals surface area contributed by atoms with Crippen molar-refractivity contribution in [3.05, 3.63) is 53.1 Å². The topological polar surface area (TPSA) is 38.2 Å².